The number of ketones is 1. The first kappa shape index (κ1) is 14.6. The molecule has 0 aromatic heterocycles. The minimum absolute atomic E-state index is 0.0457. The van der Waals surface area contributed by atoms with Gasteiger partial charge in [0.05, 0.1) is 6.54 Å². The van der Waals surface area contributed by atoms with Crippen molar-refractivity contribution >= 4 is 11.5 Å². The molecule has 0 saturated heterocycles. The van der Waals surface area contributed by atoms with E-state index in [-0.39, 0.29) is 5.78 Å². The van der Waals surface area contributed by atoms with Gasteiger partial charge in [0.2, 0.25) is 0 Å². The third-order valence-corrected chi connectivity index (χ3v) is 3.08. The Hall–Kier alpha value is -2.79. The molecule has 2 rings (SSSR count). The van der Waals surface area contributed by atoms with Crippen LogP contribution in [-0.2, 0) is 0 Å². The number of nitrogens with one attached hydrogen (secondary N) is 1. The fraction of sp³-hybridized carbons (Fsp3) is 0.105. The van der Waals surface area contributed by atoms with E-state index in [1.807, 2.05) is 49.4 Å². The van der Waals surface area contributed by atoms with Crippen LogP contribution in [0.1, 0.15) is 21.5 Å². The second-order valence-electron chi connectivity index (χ2n) is 4.71. The van der Waals surface area contributed by atoms with Crippen LogP contribution in [0, 0.1) is 19.3 Å². The highest BCUT2D eigenvalue weighted by Gasteiger charge is 2.06. The number of benzene rings is 2. The largest absolute Gasteiger partial charge is 0.374 e. The average molecular weight is 275 g/mol. The summed E-state index contributed by atoms with van der Waals surface area (Å²) in [7, 11) is 0. The van der Waals surface area contributed by atoms with Crippen LogP contribution >= 0.6 is 0 Å². The summed E-state index contributed by atoms with van der Waals surface area (Å²) in [6.45, 7) is 2.40. The smallest absolute Gasteiger partial charge is 0.187 e. The lowest BCUT2D eigenvalue weighted by Gasteiger charge is -2.09. The number of carbonyl (C=O) groups excluding carboxylic acids is 1. The quantitative estimate of drug-likeness (QED) is 0.514. The minimum Gasteiger partial charge on any atom is -0.374 e. The molecule has 0 aliphatic rings. The van der Waals surface area contributed by atoms with Crippen LogP contribution in [0.15, 0.2) is 60.7 Å². The fourth-order valence-electron chi connectivity index (χ4n) is 1.93. The molecule has 2 nitrogen and oxygen atoms in total. The van der Waals surface area contributed by atoms with E-state index >= 15 is 0 Å². The molecule has 1 N–H and O–H groups in total. The lowest BCUT2D eigenvalue weighted by Crippen LogP contribution is -2.14. The van der Waals surface area contributed by atoms with E-state index in [1.54, 1.807) is 18.2 Å². The summed E-state index contributed by atoms with van der Waals surface area (Å²) >= 11 is 0. The molecule has 104 valence electrons. The number of aryl methyl sites for hydroxylation is 1. The standard InChI is InChI=1S/C19H17NO/c1-3-13-20-18(16-11-9-15(2)10-12-16)14-19(21)17-7-5-4-6-8-17/h1,4-12,14,20H,13H2,2H3. The number of hydrogen-bond acceptors (Lipinski definition) is 2. The Bertz CT molecular complexity index is 676. The van der Waals surface area contributed by atoms with E-state index in [0.29, 0.717) is 12.1 Å². The van der Waals surface area contributed by atoms with E-state index in [1.165, 1.54) is 5.56 Å². The molecule has 0 radical (unpaired) electrons. The molecule has 0 unspecified atom stereocenters. The second kappa shape index (κ2) is 7.12. The van der Waals surface area contributed by atoms with Crippen molar-refractivity contribution in [2.75, 3.05) is 6.54 Å². The Labute approximate surface area is 125 Å². The molecule has 2 aromatic carbocycles. The zero-order valence-electron chi connectivity index (χ0n) is 12.0. The summed E-state index contributed by atoms with van der Waals surface area (Å²) in [5.74, 6) is 2.48. The summed E-state index contributed by atoms with van der Waals surface area (Å²) in [6.07, 6.45) is 6.89. The van der Waals surface area contributed by atoms with Crippen LogP contribution in [0.5, 0.6) is 0 Å². The monoisotopic (exact) mass is 275 g/mol. The van der Waals surface area contributed by atoms with Crippen LogP contribution < -0.4 is 5.32 Å². The van der Waals surface area contributed by atoms with E-state index in [4.69, 9.17) is 6.42 Å². The molecular formula is C19H17NO. The molecule has 0 bridgehead atoms. The molecule has 0 spiro atoms. The molecule has 0 atom stereocenters. The van der Waals surface area contributed by atoms with Gasteiger partial charge in [0, 0.05) is 17.3 Å². The Morgan fingerprint density at radius 2 is 1.76 bits per heavy atom. The number of hydrogen-bond donors (Lipinski definition) is 1. The summed E-state index contributed by atoms with van der Waals surface area (Å²) in [6, 6.07) is 17.1. The highest BCUT2D eigenvalue weighted by Crippen LogP contribution is 2.14. The maximum absolute atomic E-state index is 12.3. The van der Waals surface area contributed by atoms with Crippen molar-refractivity contribution in [2.45, 2.75) is 6.92 Å². The van der Waals surface area contributed by atoms with Crippen LogP contribution in [0.2, 0.25) is 0 Å². The molecule has 0 fully saturated rings. The first-order valence-electron chi connectivity index (χ1n) is 6.76. The molecule has 2 heteroatoms. The van der Waals surface area contributed by atoms with Gasteiger partial charge >= 0.3 is 0 Å². The van der Waals surface area contributed by atoms with Crippen LogP contribution in [0.25, 0.3) is 5.70 Å². The van der Waals surface area contributed by atoms with Gasteiger partial charge in [-0.05, 0) is 12.5 Å². The van der Waals surface area contributed by atoms with Gasteiger partial charge in [-0.3, -0.25) is 4.79 Å². The van der Waals surface area contributed by atoms with Gasteiger partial charge in [0.15, 0.2) is 5.78 Å². The molecule has 0 saturated carbocycles. The van der Waals surface area contributed by atoms with E-state index < -0.39 is 0 Å². The lowest BCUT2D eigenvalue weighted by molar-refractivity contribution is 0.104. The summed E-state index contributed by atoms with van der Waals surface area (Å²) < 4.78 is 0. The van der Waals surface area contributed by atoms with Gasteiger partial charge in [0.1, 0.15) is 0 Å². The van der Waals surface area contributed by atoms with Crippen molar-refractivity contribution in [3.05, 3.63) is 77.4 Å². The summed E-state index contributed by atoms with van der Waals surface area (Å²) in [5, 5.41) is 3.11. The van der Waals surface area contributed by atoms with Gasteiger partial charge in [-0.1, -0.05) is 66.1 Å². The third kappa shape index (κ3) is 4.09. The van der Waals surface area contributed by atoms with Gasteiger partial charge in [-0.25, -0.2) is 0 Å². The molecule has 0 aliphatic carbocycles. The third-order valence-electron chi connectivity index (χ3n) is 3.08. The predicted octanol–water partition coefficient (Wildman–Crippen LogP) is 3.44. The molecule has 2 aromatic rings. The van der Waals surface area contributed by atoms with Gasteiger partial charge in [-0.15, -0.1) is 6.42 Å². The zero-order valence-corrected chi connectivity index (χ0v) is 12.0. The van der Waals surface area contributed by atoms with Crippen molar-refractivity contribution in [3.63, 3.8) is 0 Å². The maximum atomic E-state index is 12.3. The van der Waals surface area contributed by atoms with Crippen molar-refractivity contribution in [2.24, 2.45) is 0 Å². The Balaban J connectivity index is 2.31. The van der Waals surface area contributed by atoms with Crippen LogP contribution in [0.4, 0.5) is 0 Å². The molecule has 0 aliphatic heterocycles. The number of terminal acetylenes is 1. The number of allylic oxidation sites excluding steroid dienone is 1. The lowest BCUT2D eigenvalue weighted by atomic mass is 10.1. The van der Waals surface area contributed by atoms with E-state index in [2.05, 4.69) is 11.2 Å². The SMILES string of the molecule is C#CCNC(=CC(=O)c1ccccc1)c1ccc(C)cc1. The number of rotatable bonds is 5. The van der Waals surface area contributed by atoms with Gasteiger partial charge < -0.3 is 5.32 Å². The van der Waals surface area contributed by atoms with Gasteiger partial charge in [-0.2, -0.15) is 0 Å². The van der Waals surface area contributed by atoms with Crippen LogP contribution in [0.3, 0.4) is 0 Å². The Kier molecular flexibility index (Phi) is 4.95. The minimum atomic E-state index is -0.0457. The molecule has 0 amide bonds. The fourth-order valence-corrected chi connectivity index (χ4v) is 1.93. The van der Waals surface area contributed by atoms with Gasteiger partial charge in [0.25, 0.3) is 0 Å². The summed E-state index contributed by atoms with van der Waals surface area (Å²) in [4.78, 5) is 12.3. The molecule has 21 heavy (non-hydrogen) atoms. The maximum Gasteiger partial charge on any atom is 0.187 e. The van der Waals surface area contributed by atoms with Crippen molar-refractivity contribution in [1.29, 1.82) is 0 Å². The van der Waals surface area contributed by atoms with Crippen molar-refractivity contribution in [1.82, 2.24) is 5.32 Å². The highest BCUT2D eigenvalue weighted by molar-refractivity contribution is 6.08. The Morgan fingerprint density at radius 1 is 1.10 bits per heavy atom. The highest BCUT2D eigenvalue weighted by atomic mass is 16.1. The number of carbonyl (C=O) groups is 1. The Morgan fingerprint density at radius 3 is 2.38 bits per heavy atom. The van der Waals surface area contributed by atoms with E-state index in [0.717, 1.165) is 11.3 Å². The van der Waals surface area contributed by atoms with Crippen LogP contribution in [-0.4, -0.2) is 12.3 Å². The first-order valence-corrected chi connectivity index (χ1v) is 6.76. The summed E-state index contributed by atoms with van der Waals surface area (Å²) in [5.41, 5.74) is 3.51. The van der Waals surface area contributed by atoms with E-state index in [9.17, 15) is 4.79 Å². The van der Waals surface area contributed by atoms with Crippen molar-refractivity contribution in [3.8, 4) is 12.3 Å². The molecule has 0 heterocycles. The topological polar surface area (TPSA) is 29.1 Å². The second-order valence-corrected chi connectivity index (χ2v) is 4.71. The molecular weight excluding hydrogens is 258 g/mol. The van der Waals surface area contributed by atoms with Crippen molar-refractivity contribution < 1.29 is 4.79 Å². The average Bonchev–Trinajstić information content (AvgIpc) is 2.53. The predicted molar refractivity (Wildman–Crippen MR) is 86.8 cm³/mol. The normalized spacial score (nSPS) is 10.8. The first-order chi connectivity index (χ1) is 10.2. The zero-order chi connectivity index (χ0) is 15.1.